The van der Waals surface area contributed by atoms with E-state index in [9.17, 15) is 4.79 Å². The number of alkyl carbamates (subject to hydrolysis) is 1. The number of fused-ring (bicyclic) bond motifs is 1. The fourth-order valence-electron chi connectivity index (χ4n) is 3.22. The van der Waals surface area contributed by atoms with Crippen LogP contribution in [0.15, 0.2) is 83.9 Å². The molecule has 1 aliphatic heterocycles. The Morgan fingerprint density at radius 1 is 1.07 bits per heavy atom. The topological polar surface area (TPSA) is 62.7 Å². The number of hydrogen-bond acceptors (Lipinski definition) is 4. The van der Waals surface area contributed by atoms with Gasteiger partial charge in [-0.3, -0.25) is 10.3 Å². The molecule has 30 heavy (non-hydrogen) atoms. The van der Waals surface area contributed by atoms with Crippen LogP contribution >= 0.6 is 12.2 Å². The maximum atomic E-state index is 12.4. The van der Waals surface area contributed by atoms with E-state index in [1.807, 2.05) is 79.7 Å². The molecular weight excluding hydrogens is 394 g/mol. The van der Waals surface area contributed by atoms with Crippen molar-refractivity contribution < 1.29 is 9.53 Å². The molecule has 1 unspecified atom stereocenters. The zero-order valence-corrected chi connectivity index (χ0v) is 17.3. The molecule has 1 heterocycles. The second-order valence-corrected chi connectivity index (χ2v) is 7.43. The molecule has 0 radical (unpaired) electrons. The van der Waals surface area contributed by atoms with Gasteiger partial charge >= 0.3 is 6.09 Å². The van der Waals surface area contributed by atoms with Crippen molar-refractivity contribution in [2.45, 2.75) is 19.7 Å². The molecule has 0 saturated carbocycles. The molecule has 4 rings (SSSR count). The summed E-state index contributed by atoms with van der Waals surface area (Å²) in [5.74, 6) is 0. The van der Waals surface area contributed by atoms with E-state index >= 15 is 0 Å². The number of benzodiazepines with no additional fused rings is 1. The van der Waals surface area contributed by atoms with E-state index in [1.165, 1.54) is 0 Å². The van der Waals surface area contributed by atoms with E-state index in [0.29, 0.717) is 4.99 Å². The third-order valence-electron chi connectivity index (χ3n) is 4.71. The van der Waals surface area contributed by atoms with Crippen molar-refractivity contribution in [2.24, 2.45) is 4.99 Å². The molecule has 0 spiro atoms. The Bertz CT molecular complexity index is 1100. The maximum Gasteiger partial charge on any atom is 0.409 e. The van der Waals surface area contributed by atoms with Crippen molar-refractivity contribution in [2.75, 3.05) is 5.32 Å². The van der Waals surface area contributed by atoms with Crippen molar-refractivity contribution in [3.63, 3.8) is 0 Å². The van der Waals surface area contributed by atoms with Crippen LogP contribution in [0.3, 0.4) is 0 Å². The number of hydrogen-bond donors (Lipinski definition) is 2. The number of ether oxygens (including phenoxy) is 1. The molecular formula is C24H21N3O2S. The lowest BCUT2D eigenvalue weighted by atomic mass is 9.99. The number of carbonyl (C=O) groups excluding carboxylic acids is 1. The highest BCUT2D eigenvalue weighted by Crippen LogP contribution is 2.25. The summed E-state index contributed by atoms with van der Waals surface area (Å²) in [6.07, 6.45) is -1.32. The van der Waals surface area contributed by atoms with Gasteiger partial charge in [0, 0.05) is 16.8 Å². The molecule has 0 bridgehead atoms. The number of thiocarbonyl (C=S) groups is 1. The number of nitrogens with one attached hydrogen (secondary N) is 2. The standard InChI is InChI=1S/C24H21N3O2S/c1-16-12-13-20-19(14-16)21(18-10-6-3-7-11-18)26-22(23(30)25-20)27-24(28)29-15-17-8-4-2-5-9-17/h2-14,22H,15H2,1H3,(H,25,30)(H,27,28). The van der Waals surface area contributed by atoms with Crippen LogP contribution in [-0.2, 0) is 11.3 Å². The fourth-order valence-corrected chi connectivity index (χ4v) is 3.44. The van der Waals surface area contributed by atoms with Gasteiger partial charge in [-0.2, -0.15) is 0 Å². The van der Waals surface area contributed by atoms with Gasteiger partial charge in [-0.25, -0.2) is 4.79 Å². The quantitative estimate of drug-likeness (QED) is 0.599. The summed E-state index contributed by atoms with van der Waals surface area (Å²) in [5.41, 5.74) is 5.51. The number of carbonyl (C=O) groups is 1. The number of aryl methyl sites for hydroxylation is 1. The highest BCUT2D eigenvalue weighted by atomic mass is 32.1. The molecule has 6 heteroatoms. The first-order valence-corrected chi connectivity index (χ1v) is 10.0. The Morgan fingerprint density at radius 2 is 1.77 bits per heavy atom. The molecule has 3 aromatic carbocycles. The van der Waals surface area contributed by atoms with Gasteiger partial charge < -0.3 is 10.1 Å². The van der Waals surface area contributed by atoms with Crippen LogP contribution in [-0.4, -0.2) is 23.0 Å². The zero-order chi connectivity index (χ0) is 20.9. The monoisotopic (exact) mass is 415 g/mol. The Labute approximate surface area is 180 Å². The van der Waals surface area contributed by atoms with Gasteiger partial charge in [-0.15, -0.1) is 0 Å². The van der Waals surface area contributed by atoms with Crippen LogP contribution in [0, 0.1) is 6.92 Å². The molecule has 1 atom stereocenters. The first-order valence-electron chi connectivity index (χ1n) is 9.62. The summed E-state index contributed by atoms with van der Waals surface area (Å²) in [6.45, 7) is 2.21. The number of benzene rings is 3. The highest BCUT2D eigenvalue weighted by Gasteiger charge is 2.25. The smallest absolute Gasteiger partial charge is 0.409 e. The van der Waals surface area contributed by atoms with Crippen LogP contribution in [0.5, 0.6) is 0 Å². The lowest BCUT2D eigenvalue weighted by Crippen LogP contribution is -2.41. The fraction of sp³-hybridized carbons (Fsp3) is 0.125. The van der Waals surface area contributed by atoms with E-state index in [2.05, 4.69) is 16.7 Å². The second-order valence-electron chi connectivity index (χ2n) is 6.99. The molecule has 1 amide bonds. The van der Waals surface area contributed by atoms with Gasteiger partial charge in [-0.05, 0) is 24.6 Å². The predicted octanol–water partition coefficient (Wildman–Crippen LogP) is 4.84. The predicted molar refractivity (Wildman–Crippen MR) is 123 cm³/mol. The number of anilines is 1. The summed E-state index contributed by atoms with van der Waals surface area (Å²) in [5, 5.41) is 6.00. The first kappa shape index (κ1) is 19.8. The van der Waals surface area contributed by atoms with Crippen molar-refractivity contribution in [1.29, 1.82) is 0 Å². The first-order chi connectivity index (χ1) is 14.6. The van der Waals surface area contributed by atoms with E-state index < -0.39 is 12.3 Å². The number of amides is 1. The molecule has 0 fully saturated rings. The van der Waals surface area contributed by atoms with Gasteiger partial charge in [0.15, 0.2) is 6.17 Å². The Balaban J connectivity index is 1.61. The van der Waals surface area contributed by atoms with Crippen LogP contribution in [0.2, 0.25) is 0 Å². The second kappa shape index (κ2) is 8.88. The number of aliphatic imine (C=N–C) groups is 1. The normalized spacial score (nSPS) is 15.3. The summed E-state index contributed by atoms with van der Waals surface area (Å²) in [4.78, 5) is 17.6. The van der Waals surface area contributed by atoms with Gasteiger partial charge in [0.2, 0.25) is 0 Å². The van der Waals surface area contributed by atoms with Crippen LogP contribution in [0.25, 0.3) is 0 Å². The minimum absolute atomic E-state index is 0.175. The summed E-state index contributed by atoms with van der Waals surface area (Å²) in [6, 6.07) is 25.4. The minimum atomic E-state index is -0.744. The molecule has 0 aromatic heterocycles. The lowest BCUT2D eigenvalue weighted by molar-refractivity contribution is 0.138. The minimum Gasteiger partial charge on any atom is -0.445 e. The molecule has 5 nitrogen and oxygen atoms in total. The molecule has 150 valence electrons. The number of nitrogens with zero attached hydrogens (tertiary/aromatic N) is 1. The van der Waals surface area contributed by atoms with Gasteiger partial charge in [-0.1, -0.05) is 84.5 Å². The van der Waals surface area contributed by atoms with Gasteiger partial charge in [0.1, 0.15) is 11.6 Å². The Hall–Kier alpha value is -3.51. The van der Waals surface area contributed by atoms with Crippen molar-refractivity contribution in [3.05, 3.63) is 101 Å². The summed E-state index contributed by atoms with van der Waals surface area (Å²) in [7, 11) is 0. The molecule has 1 aliphatic rings. The molecule has 2 N–H and O–H groups in total. The average Bonchev–Trinajstić information content (AvgIpc) is 2.90. The largest absolute Gasteiger partial charge is 0.445 e. The molecule has 3 aromatic rings. The Kier molecular flexibility index (Phi) is 5.86. The Morgan fingerprint density at radius 3 is 2.50 bits per heavy atom. The van der Waals surface area contributed by atoms with Gasteiger partial charge in [0.25, 0.3) is 0 Å². The highest BCUT2D eigenvalue weighted by molar-refractivity contribution is 7.80. The average molecular weight is 416 g/mol. The van der Waals surface area contributed by atoms with Gasteiger partial charge in [0.05, 0.1) is 5.71 Å². The van der Waals surface area contributed by atoms with Crippen molar-refractivity contribution >= 4 is 34.7 Å². The molecule has 0 saturated heterocycles. The van der Waals surface area contributed by atoms with E-state index in [4.69, 9.17) is 21.9 Å². The third kappa shape index (κ3) is 4.55. The van der Waals surface area contributed by atoms with Crippen molar-refractivity contribution in [3.8, 4) is 0 Å². The van der Waals surface area contributed by atoms with Crippen molar-refractivity contribution in [1.82, 2.24) is 5.32 Å². The summed E-state index contributed by atoms with van der Waals surface area (Å²) < 4.78 is 5.35. The van der Waals surface area contributed by atoms with Crippen LogP contribution in [0.1, 0.15) is 22.3 Å². The van der Waals surface area contributed by atoms with E-state index in [0.717, 1.165) is 33.7 Å². The van der Waals surface area contributed by atoms with Crippen LogP contribution in [0.4, 0.5) is 10.5 Å². The SMILES string of the molecule is Cc1ccc2c(c1)C(c1ccccc1)=NC(NC(=O)OCc1ccccc1)C(=S)N2. The summed E-state index contributed by atoms with van der Waals surface area (Å²) >= 11 is 5.53. The van der Waals surface area contributed by atoms with Crippen LogP contribution < -0.4 is 10.6 Å². The maximum absolute atomic E-state index is 12.4. The third-order valence-corrected chi connectivity index (χ3v) is 5.03. The van der Waals surface area contributed by atoms with E-state index in [-0.39, 0.29) is 6.61 Å². The zero-order valence-electron chi connectivity index (χ0n) is 16.5. The molecule has 0 aliphatic carbocycles. The lowest BCUT2D eigenvalue weighted by Gasteiger charge is -2.15. The van der Waals surface area contributed by atoms with E-state index in [1.54, 1.807) is 0 Å². The number of rotatable bonds is 4.